The van der Waals surface area contributed by atoms with Gasteiger partial charge in [-0.05, 0) is 18.6 Å². The van der Waals surface area contributed by atoms with Gasteiger partial charge in [-0.1, -0.05) is 19.1 Å². The fraction of sp³-hybridized carbons (Fsp3) is 0.167. The molecule has 1 aromatic heterocycles. The van der Waals surface area contributed by atoms with Crippen molar-refractivity contribution in [3.05, 3.63) is 47.4 Å². The lowest BCUT2D eigenvalue weighted by molar-refractivity contribution is 0.102. The lowest BCUT2D eigenvalue weighted by Crippen LogP contribution is -2.14. The molecule has 0 aliphatic rings. The first-order chi connectivity index (χ1) is 8.22. The van der Waals surface area contributed by atoms with Gasteiger partial charge in [-0.15, -0.1) is 0 Å². The molecule has 0 atom stereocenters. The van der Waals surface area contributed by atoms with E-state index in [-0.39, 0.29) is 5.56 Å². The van der Waals surface area contributed by atoms with E-state index >= 15 is 0 Å². The van der Waals surface area contributed by atoms with Crippen LogP contribution < -0.4 is 5.32 Å². The number of aromatic amines is 1. The van der Waals surface area contributed by atoms with Gasteiger partial charge in [0.15, 0.2) is 0 Å². The minimum absolute atomic E-state index is 0.0177. The molecule has 88 valence electrons. The number of rotatable bonds is 3. The number of benzene rings is 1. The number of aromatic nitrogens is 2. The van der Waals surface area contributed by atoms with Crippen LogP contribution in [0.5, 0.6) is 0 Å². The summed E-state index contributed by atoms with van der Waals surface area (Å²) in [6.07, 6.45) is 2.38. The number of hydrogen-bond donors (Lipinski definition) is 2. The van der Waals surface area contributed by atoms with Crippen LogP contribution in [0.4, 0.5) is 10.2 Å². The van der Waals surface area contributed by atoms with Crippen LogP contribution in [0.2, 0.25) is 0 Å². The Labute approximate surface area is 97.9 Å². The van der Waals surface area contributed by atoms with Crippen LogP contribution in [-0.4, -0.2) is 16.1 Å². The molecule has 0 radical (unpaired) electrons. The van der Waals surface area contributed by atoms with Crippen LogP contribution in [0.25, 0.3) is 0 Å². The van der Waals surface area contributed by atoms with E-state index in [1.165, 1.54) is 12.1 Å². The number of anilines is 1. The average molecular weight is 233 g/mol. The first-order valence-electron chi connectivity index (χ1n) is 5.30. The first-order valence-corrected chi connectivity index (χ1v) is 5.30. The Morgan fingerprint density at radius 2 is 2.24 bits per heavy atom. The van der Waals surface area contributed by atoms with E-state index in [1.54, 1.807) is 18.3 Å². The maximum atomic E-state index is 13.4. The molecule has 0 spiro atoms. The van der Waals surface area contributed by atoms with Crippen LogP contribution >= 0.6 is 0 Å². The van der Waals surface area contributed by atoms with E-state index in [9.17, 15) is 9.18 Å². The summed E-state index contributed by atoms with van der Waals surface area (Å²) in [5, 5.41) is 9.10. The Hall–Kier alpha value is -2.17. The number of amides is 1. The van der Waals surface area contributed by atoms with Crippen molar-refractivity contribution in [3.8, 4) is 0 Å². The SMILES string of the molecule is CCc1cn[nH]c1NC(=O)c1ccccc1F. The van der Waals surface area contributed by atoms with E-state index in [2.05, 4.69) is 15.5 Å². The van der Waals surface area contributed by atoms with Crippen molar-refractivity contribution in [2.24, 2.45) is 0 Å². The maximum absolute atomic E-state index is 13.4. The molecule has 1 aromatic carbocycles. The van der Waals surface area contributed by atoms with Crippen molar-refractivity contribution in [2.45, 2.75) is 13.3 Å². The fourth-order valence-electron chi connectivity index (χ4n) is 1.51. The third kappa shape index (κ3) is 2.33. The highest BCUT2D eigenvalue weighted by molar-refractivity contribution is 6.04. The molecule has 0 unspecified atom stereocenters. The largest absolute Gasteiger partial charge is 0.307 e. The van der Waals surface area contributed by atoms with E-state index in [0.717, 1.165) is 12.0 Å². The molecular weight excluding hydrogens is 221 g/mol. The third-order valence-corrected chi connectivity index (χ3v) is 2.46. The summed E-state index contributed by atoms with van der Waals surface area (Å²) in [5.74, 6) is -0.509. The Morgan fingerprint density at radius 1 is 1.47 bits per heavy atom. The predicted molar refractivity (Wildman–Crippen MR) is 62.3 cm³/mol. The molecule has 2 N–H and O–H groups in total. The quantitative estimate of drug-likeness (QED) is 0.855. The number of nitrogens with zero attached hydrogens (tertiary/aromatic N) is 1. The van der Waals surface area contributed by atoms with Crippen LogP contribution in [0.3, 0.4) is 0 Å². The van der Waals surface area contributed by atoms with Gasteiger partial charge in [0, 0.05) is 5.56 Å². The summed E-state index contributed by atoms with van der Waals surface area (Å²) in [7, 11) is 0. The second-order valence-corrected chi connectivity index (χ2v) is 3.56. The summed E-state index contributed by atoms with van der Waals surface area (Å²) in [5.41, 5.74) is 0.902. The lowest BCUT2D eigenvalue weighted by atomic mass is 10.2. The molecule has 17 heavy (non-hydrogen) atoms. The average Bonchev–Trinajstić information content (AvgIpc) is 2.76. The van der Waals surface area contributed by atoms with Crippen molar-refractivity contribution in [3.63, 3.8) is 0 Å². The summed E-state index contributed by atoms with van der Waals surface area (Å²) >= 11 is 0. The van der Waals surface area contributed by atoms with Gasteiger partial charge in [0.1, 0.15) is 11.6 Å². The topological polar surface area (TPSA) is 57.8 Å². The van der Waals surface area contributed by atoms with Gasteiger partial charge in [-0.2, -0.15) is 5.10 Å². The summed E-state index contributed by atoms with van der Waals surface area (Å²) in [6, 6.07) is 5.85. The molecule has 0 aliphatic heterocycles. The highest BCUT2D eigenvalue weighted by Gasteiger charge is 2.13. The molecule has 5 heteroatoms. The van der Waals surface area contributed by atoms with E-state index in [1.807, 2.05) is 6.92 Å². The predicted octanol–water partition coefficient (Wildman–Crippen LogP) is 2.36. The van der Waals surface area contributed by atoms with Crippen molar-refractivity contribution < 1.29 is 9.18 Å². The molecule has 0 bridgehead atoms. The second-order valence-electron chi connectivity index (χ2n) is 3.56. The molecule has 4 nitrogen and oxygen atoms in total. The summed E-state index contributed by atoms with van der Waals surface area (Å²) < 4.78 is 13.4. The van der Waals surface area contributed by atoms with Gasteiger partial charge >= 0.3 is 0 Å². The van der Waals surface area contributed by atoms with Crippen molar-refractivity contribution in [1.29, 1.82) is 0 Å². The van der Waals surface area contributed by atoms with Gasteiger partial charge < -0.3 is 5.32 Å². The minimum Gasteiger partial charge on any atom is -0.307 e. The van der Waals surface area contributed by atoms with Gasteiger partial charge in [-0.25, -0.2) is 4.39 Å². The second kappa shape index (κ2) is 4.78. The molecule has 1 amide bonds. The van der Waals surface area contributed by atoms with Crippen LogP contribution in [0, 0.1) is 5.82 Å². The smallest absolute Gasteiger partial charge is 0.259 e. The molecule has 2 aromatic rings. The Balaban J connectivity index is 2.20. The standard InChI is InChI=1S/C12H12FN3O/c1-2-8-7-14-16-11(8)15-12(17)9-5-3-4-6-10(9)13/h3-7H,2H2,1H3,(H2,14,15,16,17). The molecule has 0 fully saturated rings. The van der Waals surface area contributed by atoms with E-state index in [4.69, 9.17) is 0 Å². The Kier molecular flexibility index (Phi) is 3.18. The van der Waals surface area contributed by atoms with Crippen molar-refractivity contribution >= 4 is 11.7 Å². The lowest BCUT2D eigenvalue weighted by Gasteiger charge is -2.05. The van der Waals surface area contributed by atoms with E-state index in [0.29, 0.717) is 5.82 Å². The minimum atomic E-state index is -0.539. The zero-order valence-corrected chi connectivity index (χ0v) is 9.33. The molecule has 0 saturated carbocycles. The third-order valence-electron chi connectivity index (χ3n) is 2.46. The number of nitrogens with one attached hydrogen (secondary N) is 2. The molecule has 1 heterocycles. The summed E-state index contributed by atoms with van der Waals surface area (Å²) in [4.78, 5) is 11.8. The highest BCUT2D eigenvalue weighted by Crippen LogP contribution is 2.14. The molecule has 0 aliphatic carbocycles. The van der Waals surface area contributed by atoms with Crippen LogP contribution in [0.15, 0.2) is 30.5 Å². The normalized spacial score (nSPS) is 10.2. The van der Waals surface area contributed by atoms with Gasteiger partial charge in [0.25, 0.3) is 5.91 Å². The number of carbonyl (C=O) groups is 1. The van der Waals surface area contributed by atoms with Crippen LogP contribution in [-0.2, 0) is 6.42 Å². The maximum Gasteiger partial charge on any atom is 0.259 e. The monoisotopic (exact) mass is 233 g/mol. The number of halogens is 1. The van der Waals surface area contributed by atoms with E-state index < -0.39 is 11.7 Å². The fourth-order valence-corrected chi connectivity index (χ4v) is 1.51. The van der Waals surface area contributed by atoms with Crippen LogP contribution in [0.1, 0.15) is 22.8 Å². The highest BCUT2D eigenvalue weighted by atomic mass is 19.1. The zero-order valence-electron chi connectivity index (χ0n) is 9.33. The van der Waals surface area contributed by atoms with Gasteiger partial charge in [0.05, 0.1) is 11.8 Å². The molecule has 2 rings (SSSR count). The molecular formula is C12H12FN3O. The number of carbonyl (C=O) groups excluding carboxylic acids is 1. The zero-order chi connectivity index (χ0) is 12.3. The Bertz CT molecular complexity index is 536. The number of aryl methyl sites for hydroxylation is 1. The van der Waals surface area contributed by atoms with Crippen molar-refractivity contribution in [2.75, 3.05) is 5.32 Å². The first kappa shape index (κ1) is 11.3. The van der Waals surface area contributed by atoms with Gasteiger partial charge in [-0.3, -0.25) is 9.89 Å². The van der Waals surface area contributed by atoms with Crippen molar-refractivity contribution in [1.82, 2.24) is 10.2 Å². The van der Waals surface area contributed by atoms with Gasteiger partial charge in [0.2, 0.25) is 0 Å². The summed E-state index contributed by atoms with van der Waals surface area (Å²) in [6.45, 7) is 1.95. The Morgan fingerprint density at radius 3 is 2.94 bits per heavy atom. The number of hydrogen-bond acceptors (Lipinski definition) is 2. The number of H-pyrrole nitrogens is 1. The molecule has 0 saturated heterocycles.